The molecule has 1 amide bonds. The van der Waals surface area contributed by atoms with E-state index in [4.69, 9.17) is 4.42 Å². The van der Waals surface area contributed by atoms with Gasteiger partial charge in [-0.1, -0.05) is 72.8 Å². The zero-order chi connectivity index (χ0) is 20.1. The molecule has 29 heavy (non-hydrogen) atoms. The summed E-state index contributed by atoms with van der Waals surface area (Å²) in [7, 11) is 1.74. The van der Waals surface area contributed by atoms with Crippen LogP contribution in [0.25, 0.3) is 22.6 Å². The Kier molecular flexibility index (Phi) is 5.47. The number of benzene rings is 3. The first-order valence-electron chi connectivity index (χ1n) is 9.45. The van der Waals surface area contributed by atoms with E-state index in [0.29, 0.717) is 18.2 Å². The van der Waals surface area contributed by atoms with Crippen molar-refractivity contribution in [3.8, 4) is 22.6 Å². The highest BCUT2D eigenvalue weighted by Gasteiger charge is 2.15. The third-order valence-electron chi connectivity index (χ3n) is 4.70. The van der Waals surface area contributed by atoms with Crippen LogP contribution in [0.1, 0.15) is 11.5 Å². The number of hydrogen-bond donors (Lipinski definition) is 0. The lowest BCUT2D eigenvalue weighted by Gasteiger charge is -2.15. The summed E-state index contributed by atoms with van der Waals surface area (Å²) >= 11 is 0. The molecule has 0 atom stereocenters. The Labute approximate surface area is 169 Å². The zero-order valence-electron chi connectivity index (χ0n) is 16.2. The van der Waals surface area contributed by atoms with Gasteiger partial charge in [0, 0.05) is 12.6 Å². The fraction of sp³-hybridized carbons (Fsp3) is 0.125. The van der Waals surface area contributed by atoms with Crippen LogP contribution in [0.5, 0.6) is 0 Å². The highest BCUT2D eigenvalue weighted by Crippen LogP contribution is 2.20. The van der Waals surface area contributed by atoms with E-state index in [1.807, 2.05) is 72.8 Å². The van der Waals surface area contributed by atoms with Gasteiger partial charge in [0.25, 0.3) is 0 Å². The molecule has 4 aromatic rings. The molecule has 5 nitrogen and oxygen atoms in total. The Bertz CT molecular complexity index is 1070. The summed E-state index contributed by atoms with van der Waals surface area (Å²) in [6, 6.07) is 27.8. The maximum atomic E-state index is 12.6. The predicted molar refractivity (Wildman–Crippen MR) is 112 cm³/mol. The fourth-order valence-electron chi connectivity index (χ4n) is 3.06. The molecule has 4 rings (SSSR count). The second-order valence-electron chi connectivity index (χ2n) is 6.86. The molecule has 5 heteroatoms. The Balaban J connectivity index is 1.37. The maximum absolute atomic E-state index is 12.6. The lowest BCUT2D eigenvalue weighted by atomic mass is 10.0. The average Bonchev–Trinajstić information content (AvgIpc) is 3.24. The monoisotopic (exact) mass is 383 g/mol. The first-order chi connectivity index (χ1) is 14.2. The molecule has 0 fully saturated rings. The van der Waals surface area contributed by atoms with Gasteiger partial charge in [0.1, 0.15) is 0 Å². The van der Waals surface area contributed by atoms with Crippen LogP contribution in [-0.2, 0) is 17.8 Å². The van der Waals surface area contributed by atoms with Gasteiger partial charge in [-0.2, -0.15) is 0 Å². The molecule has 1 aromatic heterocycles. The Morgan fingerprint density at radius 2 is 1.38 bits per heavy atom. The number of carbonyl (C=O) groups is 1. The van der Waals surface area contributed by atoms with Gasteiger partial charge >= 0.3 is 0 Å². The summed E-state index contributed by atoms with van der Waals surface area (Å²) in [6.07, 6.45) is 0.325. The second kappa shape index (κ2) is 8.52. The van der Waals surface area contributed by atoms with Gasteiger partial charge in [0.2, 0.25) is 17.7 Å². The predicted octanol–water partition coefficient (Wildman–Crippen LogP) is 4.60. The van der Waals surface area contributed by atoms with Gasteiger partial charge < -0.3 is 9.32 Å². The van der Waals surface area contributed by atoms with Crippen LogP contribution in [-0.4, -0.2) is 28.1 Å². The highest BCUT2D eigenvalue weighted by atomic mass is 16.4. The Morgan fingerprint density at radius 3 is 2.03 bits per heavy atom. The first kappa shape index (κ1) is 18.6. The van der Waals surface area contributed by atoms with E-state index in [2.05, 4.69) is 22.3 Å². The zero-order valence-corrected chi connectivity index (χ0v) is 16.2. The van der Waals surface area contributed by atoms with Crippen LogP contribution in [0.4, 0.5) is 0 Å². The van der Waals surface area contributed by atoms with Crippen molar-refractivity contribution in [1.82, 2.24) is 15.1 Å². The van der Waals surface area contributed by atoms with Crippen LogP contribution in [0.2, 0.25) is 0 Å². The first-order valence-corrected chi connectivity index (χ1v) is 9.45. The molecule has 3 aromatic carbocycles. The normalized spacial score (nSPS) is 10.7. The summed E-state index contributed by atoms with van der Waals surface area (Å²) < 4.78 is 5.69. The number of nitrogens with zero attached hydrogens (tertiary/aromatic N) is 3. The van der Waals surface area contributed by atoms with E-state index >= 15 is 0 Å². The van der Waals surface area contributed by atoms with Crippen molar-refractivity contribution < 1.29 is 9.21 Å². The van der Waals surface area contributed by atoms with Crippen molar-refractivity contribution in [3.63, 3.8) is 0 Å². The van der Waals surface area contributed by atoms with Crippen molar-refractivity contribution in [2.75, 3.05) is 7.05 Å². The molecule has 0 spiro atoms. The molecule has 0 radical (unpaired) electrons. The minimum Gasteiger partial charge on any atom is -0.419 e. The SMILES string of the molecule is CN(Cc1nnc(-c2ccccc2)o1)C(=O)Cc1ccc(-c2ccccc2)cc1. The van der Waals surface area contributed by atoms with E-state index in [1.54, 1.807) is 11.9 Å². The number of likely N-dealkylation sites (N-methyl/N-ethyl adjacent to an activating group) is 1. The molecule has 0 N–H and O–H groups in total. The standard InChI is InChI=1S/C24H21N3O2/c1-27(17-22-25-26-24(29-22)21-10-6-3-7-11-21)23(28)16-18-12-14-20(15-13-18)19-8-4-2-5-9-19/h2-15H,16-17H2,1H3. The number of rotatable bonds is 6. The summed E-state index contributed by atoms with van der Waals surface area (Å²) in [5, 5.41) is 8.12. The summed E-state index contributed by atoms with van der Waals surface area (Å²) in [5.74, 6) is 0.869. The lowest BCUT2D eigenvalue weighted by molar-refractivity contribution is -0.130. The van der Waals surface area contributed by atoms with Crippen molar-refractivity contribution in [2.45, 2.75) is 13.0 Å². The third kappa shape index (κ3) is 4.58. The quantitative estimate of drug-likeness (QED) is 0.488. The van der Waals surface area contributed by atoms with Gasteiger partial charge in [0.05, 0.1) is 13.0 Å². The molecule has 0 aliphatic carbocycles. The minimum atomic E-state index is -0.00285. The molecular weight excluding hydrogens is 362 g/mol. The number of hydrogen-bond acceptors (Lipinski definition) is 4. The molecule has 1 heterocycles. The van der Waals surface area contributed by atoms with Gasteiger partial charge in [-0.25, -0.2) is 0 Å². The van der Waals surface area contributed by atoms with Crippen LogP contribution in [0.15, 0.2) is 89.3 Å². The van der Waals surface area contributed by atoms with Gasteiger partial charge in [-0.05, 0) is 28.8 Å². The van der Waals surface area contributed by atoms with Crippen LogP contribution in [0, 0.1) is 0 Å². The van der Waals surface area contributed by atoms with Crippen molar-refractivity contribution in [3.05, 3.63) is 96.4 Å². The second-order valence-corrected chi connectivity index (χ2v) is 6.86. The molecule has 0 bridgehead atoms. The van der Waals surface area contributed by atoms with E-state index < -0.39 is 0 Å². The van der Waals surface area contributed by atoms with E-state index in [9.17, 15) is 4.79 Å². The number of carbonyl (C=O) groups excluding carboxylic acids is 1. The molecule has 0 saturated heterocycles. The largest absolute Gasteiger partial charge is 0.419 e. The van der Waals surface area contributed by atoms with Crippen molar-refractivity contribution in [1.29, 1.82) is 0 Å². The molecule has 0 aliphatic rings. The van der Waals surface area contributed by atoms with E-state index in [0.717, 1.165) is 22.3 Å². The lowest BCUT2D eigenvalue weighted by Crippen LogP contribution is -2.27. The van der Waals surface area contributed by atoms with Gasteiger partial charge in [-0.15, -0.1) is 10.2 Å². The maximum Gasteiger partial charge on any atom is 0.247 e. The smallest absolute Gasteiger partial charge is 0.247 e. The van der Waals surface area contributed by atoms with Gasteiger partial charge in [0.15, 0.2) is 0 Å². The van der Waals surface area contributed by atoms with Crippen LogP contribution in [0.3, 0.4) is 0 Å². The highest BCUT2D eigenvalue weighted by molar-refractivity contribution is 5.78. The molecule has 144 valence electrons. The van der Waals surface area contributed by atoms with Gasteiger partial charge in [-0.3, -0.25) is 4.79 Å². The molecular formula is C24H21N3O2. The molecule has 0 aliphatic heterocycles. The molecule has 0 saturated carbocycles. The number of amides is 1. The van der Waals surface area contributed by atoms with Crippen molar-refractivity contribution in [2.24, 2.45) is 0 Å². The summed E-state index contributed by atoms with van der Waals surface area (Å²) in [6.45, 7) is 0.279. The Hall–Kier alpha value is -3.73. The Morgan fingerprint density at radius 1 is 0.793 bits per heavy atom. The van der Waals surface area contributed by atoms with E-state index in [-0.39, 0.29) is 12.5 Å². The average molecular weight is 383 g/mol. The minimum absolute atomic E-state index is 0.00285. The van der Waals surface area contributed by atoms with Crippen LogP contribution < -0.4 is 0 Å². The third-order valence-corrected chi connectivity index (χ3v) is 4.70. The van der Waals surface area contributed by atoms with Crippen LogP contribution >= 0.6 is 0 Å². The topological polar surface area (TPSA) is 59.2 Å². The molecule has 0 unspecified atom stereocenters. The fourth-order valence-corrected chi connectivity index (χ4v) is 3.06. The number of aromatic nitrogens is 2. The van der Waals surface area contributed by atoms with Crippen molar-refractivity contribution >= 4 is 5.91 Å². The summed E-state index contributed by atoms with van der Waals surface area (Å²) in [4.78, 5) is 14.2. The van der Waals surface area contributed by atoms with E-state index in [1.165, 1.54) is 0 Å². The summed E-state index contributed by atoms with van der Waals surface area (Å²) in [5.41, 5.74) is 4.12.